The SMILES string of the molecule is CC1C(C(=O)NN2CCCCCCC2)=NN(c2ccc(Cl)cc2Cl)C1c1ccc(Br)cc1. The van der Waals surface area contributed by atoms with E-state index in [9.17, 15) is 4.79 Å². The average molecular weight is 538 g/mol. The molecule has 2 aliphatic heterocycles. The first kappa shape index (κ1) is 23.6. The standard InChI is InChI=1S/C24H27BrCl2N4O/c1-16-22(24(32)29-30-13-5-3-2-4-6-14-30)28-31(21-12-11-19(26)15-20(21)27)23(16)17-7-9-18(25)10-8-17/h7-12,15-16,23H,2-6,13-14H2,1H3,(H,29,32). The van der Waals surface area contributed by atoms with Crippen LogP contribution in [0.2, 0.25) is 10.0 Å². The molecule has 0 aliphatic carbocycles. The molecular formula is C24H27BrCl2N4O. The number of anilines is 1. The number of nitrogens with one attached hydrogen (secondary N) is 1. The number of carbonyl (C=O) groups excluding carboxylic acids is 1. The molecule has 2 aromatic carbocycles. The van der Waals surface area contributed by atoms with Gasteiger partial charge in [0.25, 0.3) is 5.91 Å². The van der Waals surface area contributed by atoms with Crippen LogP contribution in [0.3, 0.4) is 0 Å². The number of hydrogen-bond acceptors (Lipinski definition) is 4. The summed E-state index contributed by atoms with van der Waals surface area (Å²) in [6.07, 6.45) is 5.88. The van der Waals surface area contributed by atoms with Gasteiger partial charge in [-0.2, -0.15) is 5.10 Å². The Morgan fingerprint density at radius 3 is 2.34 bits per heavy atom. The summed E-state index contributed by atoms with van der Waals surface area (Å²) in [5, 5.41) is 9.75. The van der Waals surface area contributed by atoms with E-state index in [1.54, 1.807) is 12.1 Å². The van der Waals surface area contributed by atoms with Crippen LogP contribution in [0.1, 0.15) is 50.6 Å². The Morgan fingerprint density at radius 2 is 1.69 bits per heavy atom. The Bertz CT molecular complexity index is 990. The fourth-order valence-electron chi connectivity index (χ4n) is 4.40. The highest BCUT2D eigenvalue weighted by Crippen LogP contribution is 2.42. The van der Waals surface area contributed by atoms with Gasteiger partial charge < -0.3 is 0 Å². The van der Waals surface area contributed by atoms with Crippen LogP contribution >= 0.6 is 39.1 Å². The zero-order valence-corrected chi connectivity index (χ0v) is 21.1. The lowest BCUT2D eigenvalue weighted by Crippen LogP contribution is -2.47. The normalized spacial score (nSPS) is 22.2. The second-order valence-corrected chi connectivity index (χ2v) is 10.2. The molecule has 8 heteroatoms. The van der Waals surface area contributed by atoms with E-state index in [-0.39, 0.29) is 17.9 Å². The van der Waals surface area contributed by atoms with E-state index in [2.05, 4.69) is 33.5 Å². The van der Waals surface area contributed by atoms with Gasteiger partial charge in [-0.25, -0.2) is 5.01 Å². The van der Waals surface area contributed by atoms with E-state index in [1.807, 2.05) is 35.1 Å². The zero-order chi connectivity index (χ0) is 22.7. The number of hydrazine groups is 1. The summed E-state index contributed by atoms with van der Waals surface area (Å²) in [6, 6.07) is 13.3. The van der Waals surface area contributed by atoms with Crippen molar-refractivity contribution in [1.29, 1.82) is 0 Å². The maximum Gasteiger partial charge on any atom is 0.282 e. The minimum atomic E-state index is -0.158. The van der Waals surface area contributed by atoms with Crippen molar-refractivity contribution in [3.8, 4) is 0 Å². The summed E-state index contributed by atoms with van der Waals surface area (Å²) >= 11 is 16.2. The average Bonchev–Trinajstić information content (AvgIpc) is 3.07. The topological polar surface area (TPSA) is 47.9 Å². The van der Waals surface area contributed by atoms with Gasteiger partial charge in [0.1, 0.15) is 5.71 Å². The van der Waals surface area contributed by atoms with Gasteiger partial charge in [-0.05, 0) is 48.7 Å². The monoisotopic (exact) mass is 536 g/mol. The highest BCUT2D eigenvalue weighted by Gasteiger charge is 2.40. The molecule has 2 aliphatic rings. The molecule has 0 aromatic heterocycles. The number of amides is 1. The molecule has 0 spiro atoms. The molecule has 0 saturated carbocycles. The second kappa shape index (κ2) is 10.6. The minimum Gasteiger partial charge on any atom is -0.284 e. The number of hydrazone groups is 1. The van der Waals surface area contributed by atoms with Gasteiger partial charge in [0.2, 0.25) is 0 Å². The van der Waals surface area contributed by atoms with Gasteiger partial charge in [0, 0.05) is 28.5 Å². The maximum atomic E-state index is 13.3. The molecule has 2 heterocycles. The van der Waals surface area contributed by atoms with E-state index in [0.29, 0.717) is 15.8 Å². The third kappa shape index (κ3) is 5.30. The zero-order valence-electron chi connectivity index (χ0n) is 18.0. The van der Waals surface area contributed by atoms with Crippen molar-refractivity contribution in [1.82, 2.24) is 10.4 Å². The predicted molar refractivity (Wildman–Crippen MR) is 135 cm³/mol. The van der Waals surface area contributed by atoms with Crippen LogP contribution in [0.4, 0.5) is 5.69 Å². The second-order valence-electron chi connectivity index (χ2n) is 8.41. The molecule has 4 rings (SSSR count). The Balaban J connectivity index is 1.64. The molecular weight excluding hydrogens is 511 g/mol. The number of nitrogens with zero attached hydrogens (tertiary/aromatic N) is 3. The van der Waals surface area contributed by atoms with Crippen LogP contribution in [0.15, 0.2) is 52.0 Å². The summed E-state index contributed by atoms with van der Waals surface area (Å²) in [5.41, 5.74) is 5.40. The number of rotatable bonds is 4. The Hall–Kier alpha value is -1.60. The van der Waals surface area contributed by atoms with Crippen LogP contribution in [0.25, 0.3) is 0 Å². The lowest BCUT2D eigenvalue weighted by atomic mass is 9.91. The van der Waals surface area contributed by atoms with Crippen molar-refractivity contribution >= 4 is 56.4 Å². The van der Waals surface area contributed by atoms with Crippen molar-refractivity contribution < 1.29 is 4.79 Å². The van der Waals surface area contributed by atoms with Gasteiger partial charge in [0.15, 0.2) is 0 Å². The van der Waals surface area contributed by atoms with Crippen molar-refractivity contribution in [3.63, 3.8) is 0 Å². The molecule has 1 fully saturated rings. The molecule has 32 heavy (non-hydrogen) atoms. The summed E-state index contributed by atoms with van der Waals surface area (Å²) < 4.78 is 0.999. The van der Waals surface area contributed by atoms with Crippen molar-refractivity contribution in [2.75, 3.05) is 18.1 Å². The van der Waals surface area contributed by atoms with Crippen LogP contribution in [-0.2, 0) is 4.79 Å². The first-order chi connectivity index (χ1) is 15.4. The van der Waals surface area contributed by atoms with Gasteiger partial charge in [-0.15, -0.1) is 0 Å². The minimum absolute atomic E-state index is 0.127. The summed E-state index contributed by atoms with van der Waals surface area (Å²) in [5.74, 6) is -0.273. The number of benzene rings is 2. The molecule has 2 unspecified atom stereocenters. The lowest BCUT2D eigenvalue weighted by Gasteiger charge is -2.28. The quantitative estimate of drug-likeness (QED) is 0.477. The number of hydrogen-bond donors (Lipinski definition) is 1. The van der Waals surface area contributed by atoms with Crippen LogP contribution in [0, 0.1) is 5.92 Å². The first-order valence-corrected chi connectivity index (χ1v) is 12.6. The highest BCUT2D eigenvalue weighted by atomic mass is 79.9. The number of carbonyl (C=O) groups is 1. The van der Waals surface area contributed by atoms with Crippen molar-refractivity contribution in [2.24, 2.45) is 11.0 Å². The molecule has 2 aromatic rings. The van der Waals surface area contributed by atoms with Crippen LogP contribution in [0.5, 0.6) is 0 Å². The molecule has 1 saturated heterocycles. The molecule has 1 amide bonds. The Labute approximate surface area is 207 Å². The van der Waals surface area contributed by atoms with Gasteiger partial charge in [-0.1, -0.05) is 77.5 Å². The van der Waals surface area contributed by atoms with E-state index in [4.69, 9.17) is 28.3 Å². The fourth-order valence-corrected chi connectivity index (χ4v) is 5.16. The highest BCUT2D eigenvalue weighted by molar-refractivity contribution is 9.10. The summed E-state index contributed by atoms with van der Waals surface area (Å²) in [7, 11) is 0. The Kier molecular flexibility index (Phi) is 7.77. The van der Waals surface area contributed by atoms with E-state index < -0.39 is 0 Å². The van der Waals surface area contributed by atoms with E-state index >= 15 is 0 Å². The largest absolute Gasteiger partial charge is 0.284 e. The maximum absolute atomic E-state index is 13.3. The van der Waals surface area contributed by atoms with Gasteiger partial charge >= 0.3 is 0 Å². The summed E-state index contributed by atoms with van der Waals surface area (Å²) in [6.45, 7) is 3.79. The van der Waals surface area contributed by atoms with Gasteiger partial charge in [-0.3, -0.25) is 15.2 Å². The smallest absolute Gasteiger partial charge is 0.282 e. The van der Waals surface area contributed by atoms with E-state index in [0.717, 1.165) is 41.7 Å². The third-order valence-corrected chi connectivity index (χ3v) is 7.17. The molecule has 5 nitrogen and oxygen atoms in total. The first-order valence-electron chi connectivity index (χ1n) is 11.1. The van der Waals surface area contributed by atoms with Crippen LogP contribution in [-0.4, -0.2) is 29.7 Å². The predicted octanol–water partition coefficient (Wildman–Crippen LogP) is 6.61. The van der Waals surface area contributed by atoms with E-state index in [1.165, 1.54) is 19.3 Å². The molecule has 0 radical (unpaired) electrons. The third-order valence-electron chi connectivity index (χ3n) is 6.10. The molecule has 2 atom stereocenters. The van der Waals surface area contributed by atoms with Crippen molar-refractivity contribution in [3.05, 3.63) is 62.5 Å². The van der Waals surface area contributed by atoms with Gasteiger partial charge in [0.05, 0.1) is 16.8 Å². The fraction of sp³-hybridized carbons (Fsp3) is 0.417. The molecule has 170 valence electrons. The number of halogens is 3. The van der Waals surface area contributed by atoms with Crippen molar-refractivity contribution in [2.45, 2.75) is 45.1 Å². The summed E-state index contributed by atoms with van der Waals surface area (Å²) in [4.78, 5) is 13.3. The van der Waals surface area contributed by atoms with Crippen LogP contribution < -0.4 is 10.4 Å². The lowest BCUT2D eigenvalue weighted by molar-refractivity contribution is -0.119. The Morgan fingerprint density at radius 1 is 1.03 bits per heavy atom. The molecule has 0 bridgehead atoms. The molecule has 1 N–H and O–H groups in total.